The molecule has 3 aromatic rings. The quantitative estimate of drug-likeness (QED) is 0.209. The van der Waals surface area contributed by atoms with Crippen LogP contribution in [0, 0.1) is 11.3 Å². The Morgan fingerprint density at radius 2 is 1.68 bits per heavy atom. The van der Waals surface area contributed by atoms with Crippen molar-refractivity contribution in [3.8, 4) is 0 Å². The van der Waals surface area contributed by atoms with E-state index < -0.39 is 29.7 Å². The zero-order valence-electron chi connectivity index (χ0n) is 22.3. The van der Waals surface area contributed by atoms with Gasteiger partial charge in [0, 0.05) is 55.6 Å². The normalized spacial score (nSPS) is 15.1. The highest BCUT2D eigenvalue weighted by Gasteiger charge is 2.30. The van der Waals surface area contributed by atoms with Gasteiger partial charge in [0.05, 0.1) is 6.21 Å². The molecule has 0 radical (unpaired) electrons. The molecule has 2 atom stereocenters. The van der Waals surface area contributed by atoms with Crippen LogP contribution in [0.3, 0.4) is 0 Å². The third-order valence-electron chi connectivity index (χ3n) is 7.11. The summed E-state index contributed by atoms with van der Waals surface area (Å²) in [5.74, 6) is -1.91. The molecular formula is C30H35N5O5. The molecule has 10 heteroatoms. The van der Waals surface area contributed by atoms with Crippen LogP contribution in [0.5, 0.6) is 0 Å². The summed E-state index contributed by atoms with van der Waals surface area (Å²) >= 11 is 0. The molecule has 1 aliphatic rings. The maximum absolute atomic E-state index is 13.7. The molecule has 5 N–H and O–H groups in total. The van der Waals surface area contributed by atoms with Gasteiger partial charge in [0.1, 0.15) is 12.1 Å². The van der Waals surface area contributed by atoms with E-state index in [4.69, 9.17) is 10.1 Å². The number of carbonyl (C=O) groups excluding carboxylic acids is 4. The van der Waals surface area contributed by atoms with Crippen molar-refractivity contribution in [1.82, 2.24) is 20.9 Å². The Morgan fingerprint density at radius 3 is 2.42 bits per heavy atom. The number of hydrogen-bond donors (Lipinski definition) is 5. The number of rotatable bonds is 13. The predicted molar refractivity (Wildman–Crippen MR) is 151 cm³/mol. The molecule has 0 aliphatic carbocycles. The maximum Gasteiger partial charge on any atom is 0.243 e. The average molecular weight is 546 g/mol. The second-order valence-electron chi connectivity index (χ2n) is 9.93. The fourth-order valence-electron chi connectivity index (χ4n) is 4.79. The topological polar surface area (TPSA) is 153 Å². The Hall–Kier alpha value is -4.31. The van der Waals surface area contributed by atoms with Crippen molar-refractivity contribution in [2.75, 3.05) is 13.2 Å². The molecule has 0 bridgehead atoms. The van der Waals surface area contributed by atoms with Gasteiger partial charge in [-0.15, -0.1) is 0 Å². The van der Waals surface area contributed by atoms with Crippen LogP contribution in [0.1, 0.15) is 36.8 Å². The van der Waals surface area contributed by atoms with Gasteiger partial charge >= 0.3 is 0 Å². The van der Waals surface area contributed by atoms with Gasteiger partial charge in [-0.05, 0) is 36.5 Å². The van der Waals surface area contributed by atoms with Gasteiger partial charge in [0.15, 0.2) is 5.78 Å². The first kappa shape index (κ1) is 28.7. The number of benzene rings is 2. The van der Waals surface area contributed by atoms with E-state index in [0.29, 0.717) is 32.3 Å². The van der Waals surface area contributed by atoms with Crippen LogP contribution >= 0.6 is 0 Å². The lowest BCUT2D eigenvalue weighted by molar-refractivity contribution is -0.134. The maximum atomic E-state index is 13.7. The minimum Gasteiger partial charge on any atom is -0.381 e. The molecule has 1 aromatic heterocycles. The van der Waals surface area contributed by atoms with Crippen LogP contribution in [0.4, 0.5) is 0 Å². The smallest absolute Gasteiger partial charge is 0.243 e. The van der Waals surface area contributed by atoms with Gasteiger partial charge in [-0.2, -0.15) is 0 Å². The third-order valence-corrected chi connectivity index (χ3v) is 7.11. The molecule has 1 fully saturated rings. The molecule has 0 spiro atoms. The lowest BCUT2D eigenvalue weighted by atomic mass is 9.97. The van der Waals surface area contributed by atoms with E-state index in [9.17, 15) is 19.2 Å². The van der Waals surface area contributed by atoms with Crippen LogP contribution in [-0.2, 0) is 36.9 Å². The van der Waals surface area contributed by atoms with Crippen molar-refractivity contribution in [2.24, 2.45) is 5.92 Å². The largest absolute Gasteiger partial charge is 0.381 e. The molecule has 0 saturated carbocycles. The summed E-state index contributed by atoms with van der Waals surface area (Å²) in [5, 5.41) is 16.6. The molecule has 40 heavy (non-hydrogen) atoms. The standard InChI is InChI=1S/C30H35N5O5/c31-17-23(36)10-11-26(29(38)33-18-20-6-2-1-3-7-20)34-30(39)27(35-28(37)21-12-14-40-15-13-21)16-22-19-32-25-9-5-4-8-24(22)25/h1-9,17,19,21,26-27,31-32H,10-16,18H2,(H,33,38)(H,34,39)(H,35,37)/t26-,27-/m0/s1. The molecular weight excluding hydrogens is 510 g/mol. The molecule has 2 heterocycles. The Bertz CT molecular complexity index is 1330. The molecule has 4 rings (SSSR count). The van der Waals surface area contributed by atoms with E-state index in [0.717, 1.165) is 22.0 Å². The monoisotopic (exact) mass is 545 g/mol. The van der Waals surface area contributed by atoms with Crippen molar-refractivity contribution >= 4 is 40.6 Å². The number of nitrogens with one attached hydrogen (secondary N) is 5. The van der Waals surface area contributed by atoms with E-state index in [-0.39, 0.29) is 37.6 Å². The number of H-pyrrole nitrogens is 1. The minimum atomic E-state index is -1.02. The Balaban J connectivity index is 1.51. The van der Waals surface area contributed by atoms with Crippen molar-refractivity contribution in [2.45, 2.75) is 50.7 Å². The van der Waals surface area contributed by atoms with Crippen LogP contribution in [0.15, 0.2) is 60.8 Å². The summed E-state index contributed by atoms with van der Waals surface area (Å²) in [6, 6.07) is 15.1. The highest BCUT2D eigenvalue weighted by Crippen LogP contribution is 2.20. The number of aromatic nitrogens is 1. The summed E-state index contributed by atoms with van der Waals surface area (Å²) in [4.78, 5) is 55.0. The Kier molecular flexibility index (Phi) is 10.2. The predicted octanol–water partition coefficient (Wildman–Crippen LogP) is 2.42. The first-order chi connectivity index (χ1) is 19.4. The number of amides is 3. The number of Topliss-reactive ketones (excluding diaryl/α,β-unsaturated/α-hetero) is 1. The summed E-state index contributed by atoms with van der Waals surface area (Å²) in [7, 11) is 0. The van der Waals surface area contributed by atoms with Crippen LogP contribution in [0.25, 0.3) is 10.9 Å². The van der Waals surface area contributed by atoms with Crippen molar-refractivity contribution in [1.29, 1.82) is 5.41 Å². The van der Waals surface area contributed by atoms with Gasteiger partial charge in [0.25, 0.3) is 0 Å². The van der Waals surface area contributed by atoms with Crippen molar-refractivity contribution in [3.63, 3.8) is 0 Å². The highest BCUT2D eigenvalue weighted by molar-refractivity contribution is 6.26. The first-order valence-corrected chi connectivity index (χ1v) is 13.5. The van der Waals surface area contributed by atoms with E-state index in [1.165, 1.54) is 0 Å². The lowest BCUT2D eigenvalue weighted by Crippen LogP contribution is -2.55. The number of ketones is 1. The molecule has 1 saturated heterocycles. The van der Waals surface area contributed by atoms with Crippen molar-refractivity contribution in [3.05, 3.63) is 71.9 Å². The minimum absolute atomic E-state index is 0.0221. The molecule has 3 amide bonds. The number of hydrogen-bond acceptors (Lipinski definition) is 6. The molecule has 1 aliphatic heterocycles. The molecule has 0 unspecified atom stereocenters. The zero-order valence-corrected chi connectivity index (χ0v) is 22.3. The zero-order chi connectivity index (χ0) is 28.3. The molecule has 210 valence electrons. The summed E-state index contributed by atoms with van der Waals surface area (Å²) in [5.41, 5.74) is 2.65. The summed E-state index contributed by atoms with van der Waals surface area (Å²) in [6.07, 6.45) is 3.83. The Labute approximate surface area is 232 Å². The lowest BCUT2D eigenvalue weighted by Gasteiger charge is -2.26. The molecule has 2 aromatic carbocycles. The summed E-state index contributed by atoms with van der Waals surface area (Å²) in [6.45, 7) is 1.23. The van der Waals surface area contributed by atoms with E-state index >= 15 is 0 Å². The number of carbonyl (C=O) groups is 4. The van der Waals surface area contributed by atoms with Crippen molar-refractivity contribution < 1.29 is 23.9 Å². The van der Waals surface area contributed by atoms with Crippen LogP contribution < -0.4 is 16.0 Å². The SMILES string of the molecule is N=CC(=O)CC[C@H](NC(=O)[C@H](Cc1c[nH]c2ccccc12)NC(=O)C1CCOCC1)C(=O)NCc1ccccc1. The fourth-order valence-corrected chi connectivity index (χ4v) is 4.79. The van der Waals surface area contributed by atoms with E-state index in [1.807, 2.05) is 60.8 Å². The van der Waals surface area contributed by atoms with E-state index in [1.54, 1.807) is 0 Å². The Morgan fingerprint density at radius 1 is 0.950 bits per heavy atom. The number of para-hydroxylation sites is 1. The number of ether oxygens (including phenoxy) is 1. The third kappa shape index (κ3) is 7.86. The van der Waals surface area contributed by atoms with Gasteiger partial charge in [-0.25, -0.2) is 0 Å². The van der Waals surface area contributed by atoms with Gasteiger partial charge in [-0.3, -0.25) is 19.2 Å². The summed E-state index contributed by atoms with van der Waals surface area (Å²) < 4.78 is 5.37. The average Bonchev–Trinajstić information content (AvgIpc) is 3.40. The number of fused-ring (bicyclic) bond motifs is 1. The molecule has 10 nitrogen and oxygen atoms in total. The van der Waals surface area contributed by atoms with Crippen LogP contribution in [-0.4, -0.2) is 60.0 Å². The van der Waals surface area contributed by atoms with Gasteiger partial charge in [0.2, 0.25) is 17.7 Å². The highest BCUT2D eigenvalue weighted by atomic mass is 16.5. The second kappa shape index (κ2) is 14.2. The fraction of sp³-hybridized carbons (Fsp3) is 0.367. The van der Waals surface area contributed by atoms with Crippen LogP contribution in [0.2, 0.25) is 0 Å². The number of aromatic amines is 1. The van der Waals surface area contributed by atoms with E-state index in [2.05, 4.69) is 20.9 Å². The second-order valence-corrected chi connectivity index (χ2v) is 9.93. The van der Waals surface area contributed by atoms with Gasteiger partial charge < -0.3 is 31.1 Å². The first-order valence-electron chi connectivity index (χ1n) is 13.5. The van der Waals surface area contributed by atoms with Gasteiger partial charge in [-0.1, -0.05) is 48.5 Å².